The van der Waals surface area contributed by atoms with Crippen molar-refractivity contribution in [3.63, 3.8) is 0 Å². The number of sulfonamides is 1. The second-order valence-electron chi connectivity index (χ2n) is 4.17. The van der Waals surface area contributed by atoms with Gasteiger partial charge in [-0.1, -0.05) is 17.7 Å². The molecule has 0 aliphatic carbocycles. The monoisotopic (exact) mass is 291 g/mol. The summed E-state index contributed by atoms with van der Waals surface area (Å²) in [7, 11) is 0.159. The first kappa shape index (κ1) is 15.4. The maximum Gasteiger partial charge on any atom is 0.242 e. The molecule has 0 aliphatic rings. The van der Waals surface area contributed by atoms with Crippen LogP contribution in [0.1, 0.15) is 5.56 Å². The van der Waals surface area contributed by atoms with Crippen LogP contribution in [0.4, 0.5) is 0 Å². The van der Waals surface area contributed by atoms with Crippen molar-refractivity contribution in [3.05, 3.63) is 28.8 Å². The van der Waals surface area contributed by atoms with E-state index in [-0.39, 0.29) is 16.5 Å². The predicted octanol–water partition coefficient (Wildman–Crippen LogP) is 0.639. The molecule has 0 aliphatic heterocycles. The first-order valence-corrected chi connectivity index (χ1v) is 7.36. The zero-order valence-electron chi connectivity index (χ0n) is 10.5. The smallest absolute Gasteiger partial charge is 0.242 e. The third-order valence-corrected chi connectivity index (χ3v) is 4.31. The van der Waals surface area contributed by atoms with Gasteiger partial charge in [0.25, 0.3) is 0 Å². The Hall–Kier alpha value is -0.660. The van der Waals surface area contributed by atoms with Crippen molar-refractivity contribution in [2.75, 3.05) is 27.2 Å². The molecule has 0 bridgehead atoms. The van der Waals surface area contributed by atoms with E-state index in [1.165, 1.54) is 6.07 Å². The molecule has 18 heavy (non-hydrogen) atoms. The highest BCUT2D eigenvalue weighted by Gasteiger charge is 2.17. The molecule has 0 aromatic heterocycles. The van der Waals surface area contributed by atoms with Crippen LogP contribution in [-0.4, -0.2) is 40.5 Å². The van der Waals surface area contributed by atoms with E-state index in [9.17, 15) is 8.42 Å². The minimum absolute atomic E-state index is 0.0749. The van der Waals surface area contributed by atoms with Crippen LogP contribution in [0.25, 0.3) is 0 Å². The molecule has 0 radical (unpaired) electrons. The number of nitrogens with one attached hydrogen (secondary N) is 1. The molecule has 1 rings (SSSR count). The summed E-state index contributed by atoms with van der Waals surface area (Å²) >= 11 is 5.91. The lowest BCUT2D eigenvalue weighted by atomic mass is 10.2. The summed E-state index contributed by atoms with van der Waals surface area (Å²) < 4.78 is 26.6. The van der Waals surface area contributed by atoms with Crippen LogP contribution < -0.4 is 10.5 Å². The van der Waals surface area contributed by atoms with Gasteiger partial charge in [-0.15, -0.1) is 0 Å². The van der Waals surface area contributed by atoms with E-state index in [4.69, 9.17) is 17.3 Å². The van der Waals surface area contributed by atoms with E-state index in [2.05, 4.69) is 4.72 Å². The molecule has 0 amide bonds. The van der Waals surface area contributed by atoms with Crippen LogP contribution in [-0.2, 0) is 16.6 Å². The molecule has 0 atom stereocenters. The number of benzene rings is 1. The van der Waals surface area contributed by atoms with Crippen molar-refractivity contribution in [1.29, 1.82) is 0 Å². The fourth-order valence-electron chi connectivity index (χ4n) is 1.36. The fourth-order valence-corrected chi connectivity index (χ4v) is 2.93. The van der Waals surface area contributed by atoms with Crippen molar-refractivity contribution in [3.8, 4) is 0 Å². The lowest BCUT2D eigenvalue weighted by Crippen LogP contribution is -2.31. The molecule has 0 unspecified atom stereocenters. The van der Waals surface area contributed by atoms with Gasteiger partial charge in [-0.05, 0) is 31.8 Å². The normalized spacial score (nSPS) is 12.1. The summed E-state index contributed by atoms with van der Waals surface area (Å²) in [5.41, 5.74) is 6.22. The summed E-state index contributed by atoms with van der Waals surface area (Å²) in [5.74, 6) is 0. The summed E-state index contributed by atoms with van der Waals surface area (Å²) in [5, 5.41) is 0.199. The Morgan fingerprint density at radius 3 is 2.61 bits per heavy atom. The van der Waals surface area contributed by atoms with E-state index < -0.39 is 10.0 Å². The molecular weight excluding hydrogens is 274 g/mol. The number of hydrogen-bond acceptors (Lipinski definition) is 4. The van der Waals surface area contributed by atoms with Crippen molar-refractivity contribution in [1.82, 2.24) is 9.62 Å². The second-order valence-corrected chi connectivity index (χ2v) is 6.31. The molecule has 1 aromatic rings. The molecule has 5 nitrogen and oxygen atoms in total. The van der Waals surface area contributed by atoms with E-state index in [0.29, 0.717) is 13.1 Å². The molecule has 0 spiro atoms. The third kappa shape index (κ3) is 4.22. The highest BCUT2D eigenvalue weighted by Crippen LogP contribution is 2.22. The zero-order valence-corrected chi connectivity index (χ0v) is 12.1. The molecule has 7 heteroatoms. The predicted molar refractivity (Wildman–Crippen MR) is 73.1 cm³/mol. The van der Waals surface area contributed by atoms with Crippen molar-refractivity contribution in [2.45, 2.75) is 11.4 Å². The highest BCUT2D eigenvalue weighted by molar-refractivity contribution is 7.89. The Balaban J connectivity index is 2.90. The van der Waals surface area contributed by atoms with Crippen LogP contribution in [0.15, 0.2) is 23.1 Å². The lowest BCUT2D eigenvalue weighted by molar-refractivity contribution is 0.412. The SMILES string of the molecule is CN(C)CCNS(=O)(=O)c1cc(CN)ccc1Cl. The standard InChI is InChI=1S/C11H18ClN3O2S/c1-15(2)6-5-14-18(16,17)11-7-9(8-13)3-4-10(11)12/h3-4,7,14H,5-6,8,13H2,1-2H3. The Labute approximate surface area is 113 Å². The fraction of sp³-hybridized carbons (Fsp3) is 0.455. The Morgan fingerprint density at radius 2 is 2.06 bits per heavy atom. The Bertz CT molecular complexity index is 503. The van der Waals surface area contributed by atoms with E-state index >= 15 is 0 Å². The van der Waals surface area contributed by atoms with Crippen LogP contribution in [0.2, 0.25) is 5.02 Å². The van der Waals surface area contributed by atoms with E-state index in [0.717, 1.165) is 5.56 Å². The van der Waals surface area contributed by atoms with Gasteiger partial charge in [0.1, 0.15) is 4.90 Å². The minimum Gasteiger partial charge on any atom is -0.326 e. The average Bonchev–Trinajstić information content (AvgIpc) is 2.28. The lowest BCUT2D eigenvalue weighted by Gasteiger charge is -2.12. The number of halogens is 1. The third-order valence-electron chi connectivity index (χ3n) is 2.37. The molecule has 3 N–H and O–H groups in total. The summed E-state index contributed by atoms with van der Waals surface area (Å²) in [4.78, 5) is 1.96. The highest BCUT2D eigenvalue weighted by atomic mass is 35.5. The maximum atomic E-state index is 12.0. The zero-order chi connectivity index (χ0) is 13.8. The van der Waals surface area contributed by atoms with Crippen LogP contribution in [0, 0.1) is 0 Å². The van der Waals surface area contributed by atoms with Gasteiger partial charge in [0.15, 0.2) is 0 Å². The topological polar surface area (TPSA) is 75.4 Å². The minimum atomic E-state index is -3.58. The van der Waals surface area contributed by atoms with Gasteiger partial charge in [-0.25, -0.2) is 13.1 Å². The number of rotatable bonds is 6. The van der Waals surface area contributed by atoms with Crippen molar-refractivity contribution < 1.29 is 8.42 Å². The molecule has 0 saturated heterocycles. The van der Waals surface area contributed by atoms with Gasteiger partial charge in [0.2, 0.25) is 10.0 Å². The average molecular weight is 292 g/mol. The molecule has 1 aromatic carbocycles. The summed E-state index contributed by atoms with van der Waals surface area (Å²) in [6.45, 7) is 1.23. The molecule has 102 valence electrons. The van der Waals surface area contributed by atoms with Crippen molar-refractivity contribution in [2.24, 2.45) is 5.73 Å². The number of hydrogen-bond donors (Lipinski definition) is 2. The Morgan fingerprint density at radius 1 is 1.39 bits per heavy atom. The summed E-state index contributed by atoms with van der Waals surface area (Å²) in [6, 6.07) is 4.76. The van der Waals surface area contributed by atoms with Crippen LogP contribution >= 0.6 is 11.6 Å². The van der Waals surface area contributed by atoms with Gasteiger partial charge in [0, 0.05) is 19.6 Å². The number of likely N-dealkylation sites (N-methyl/N-ethyl adjacent to an activating group) is 1. The van der Waals surface area contributed by atoms with Gasteiger partial charge < -0.3 is 10.6 Å². The van der Waals surface area contributed by atoms with Crippen molar-refractivity contribution >= 4 is 21.6 Å². The van der Waals surface area contributed by atoms with Gasteiger partial charge in [-0.2, -0.15) is 0 Å². The first-order valence-electron chi connectivity index (χ1n) is 5.49. The molecule has 0 saturated carbocycles. The van der Waals surface area contributed by atoms with E-state index in [1.807, 2.05) is 19.0 Å². The molecule has 0 heterocycles. The van der Waals surface area contributed by atoms with Gasteiger partial charge >= 0.3 is 0 Å². The maximum absolute atomic E-state index is 12.0. The van der Waals surface area contributed by atoms with Gasteiger partial charge in [0.05, 0.1) is 5.02 Å². The largest absolute Gasteiger partial charge is 0.326 e. The number of nitrogens with zero attached hydrogens (tertiary/aromatic N) is 1. The van der Waals surface area contributed by atoms with Crippen LogP contribution in [0.3, 0.4) is 0 Å². The summed E-state index contributed by atoms with van der Waals surface area (Å²) in [6.07, 6.45) is 0. The number of nitrogens with two attached hydrogens (primary N) is 1. The molecule has 0 fully saturated rings. The quantitative estimate of drug-likeness (QED) is 0.806. The first-order chi connectivity index (χ1) is 8.36. The van der Waals surface area contributed by atoms with Crippen LogP contribution in [0.5, 0.6) is 0 Å². The van der Waals surface area contributed by atoms with E-state index in [1.54, 1.807) is 12.1 Å². The molecular formula is C11H18ClN3O2S. The van der Waals surface area contributed by atoms with Gasteiger partial charge in [-0.3, -0.25) is 0 Å². The second kappa shape index (κ2) is 6.49. The Kier molecular flexibility index (Phi) is 5.55.